The van der Waals surface area contributed by atoms with Crippen molar-refractivity contribution in [3.8, 4) is 34.4 Å². The first-order valence-corrected chi connectivity index (χ1v) is 26.3. The first-order chi connectivity index (χ1) is 31.4. The number of aryl methyl sites for hydroxylation is 1. The standard InChI is InChI=1S/C52H66F3N5O5Si/c1-30(2)66(31(3)4,32(5)6)21-18-37-39(54)14-12-33-22-36(64-29-62-10)23-38(45(33)37)48-47(55)49-46-40(56-48)15-17-41-42-16-13-35(60(42)50(61)65-51(7,8)9)27-59(41)43(46)24-44(57-49)63-28-52-19-11-20-58(52)26-34(53)25-52/h12,14,22-24,30-32,34-35,41-42H,11,13,15-17,19-20,25-29H2,1-10H3/t34-,35-,41+,42+,52+/m1/s1. The number of rotatable bonds is 10. The van der Waals surface area contributed by atoms with Crippen molar-refractivity contribution in [3.63, 3.8) is 0 Å². The quantitative estimate of drug-likeness (QED) is 0.0876. The number of carbonyl (C=O) groups is 1. The number of nitrogens with zero attached hydrogens (tertiary/aromatic N) is 5. The van der Waals surface area contributed by atoms with Crippen LogP contribution < -0.4 is 14.4 Å². The number of halogens is 3. The molecule has 2 bridgehead atoms. The Morgan fingerprint density at radius 1 is 0.955 bits per heavy atom. The molecule has 1 amide bonds. The largest absolute Gasteiger partial charge is 0.476 e. The van der Waals surface area contributed by atoms with Gasteiger partial charge in [-0.15, -0.1) is 5.54 Å². The molecule has 2 aromatic carbocycles. The van der Waals surface area contributed by atoms with Crippen molar-refractivity contribution in [1.29, 1.82) is 0 Å². The highest BCUT2D eigenvalue weighted by atomic mass is 28.3. The second-order valence-electron chi connectivity index (χ2n) is 21.4. The fourth-order valence-corrected chi connectivity index (χ4v) is 17.9. The lowest BCUT2D eigenvalue weighted by molar-refractivity contribution is 0.00727. The van der Waals surface area contributed by atoms with Crippen LogP contribution in [0.5, 0.6) is 11.6 Å². The van der Waals surface area contributed by atoms with Gasteiger partial charge in [0.25, 0.3) is 0 Å². The highest BCUT2D eigenvalue weighted by molar-refractivity contribution is 6.90. The molecule has 5 atom stereocenters. The zero-order chi connectivity index (χ0) is 47.0. The van der Waals surface area contributed by atoms with E-state index in [4.69, 9.17) is 28.9 Å². The van der Waals surface area contributed by atoms with E-state index in [1.807, 2.05) is 31.7 Å². The van der Waals surface area contributed by atoms with Gasteiger partial charge in [0.15, 0.2) is 12.6 Å². The molecule has 354 valence electrons. The minimum absolute atomic E-state index is 0.00287. The van der Waals surface area contributed by atoms with Gasteiger partial charge in [-0.3, -0.25) is 9.80 Å². The molecular weight excluding hydrogens is 860 g/mol. The van der Waals surface area contributed by atoms with E-state index < -0.39 is 37.0 Å². The van der Waals surface area contributed by atoms with Gasteiger partial charge in [0, 0.05) is 49.0 Å². The van der Waals surface area contributed by atoms with Crippen molar-refractivity contribution in [2.45, 2.75) is 159 Å². The van der Waals surface area contributed by atoms with Crippen molar-refractivity contribution >= 4 is 41.5 Å². The van der Waals surface area contributed by atoms with Crippen LogP contribution in [-0.2, 0) is 15.9 Å². The highest BCUT2D eigenvalue weighted by Crippen LogP contribution is 2.48. The average molecular weight is 926 g/mol. The van der Waals surface area contributed by atoms with E-state index in [2.05, 4.69) is 62.8 Å². The van der Waals surface area contributed by atoms with Crippen LogP contribution in [0.1, 0.15) is 112 Å². The zero-order valence-corrected chi connectivity index (χ0v) is 41.3. The van der Waals surface area contributed by atoms with Crippen molar-refractivity contribution in [2.75, 3.05) is 45.0 Å². The lowest BCUT2D eigenvalue weighted by atomic mass is 9.94. The van der Waals surface area contributed by atoms with E-state index in [0.717, 1.165) is 37.9 Å². The third-order valence-electron chi connectivity index (χ3n) is 15.5. The topological polar surface area (TPSA) is 89.5 Å². The van der Waals surface area contributed by atoms with Crippen LogP contribution >= 0.6 is 0 Å². The third kappa shape index (κ3) is 7.98. The first kappa shape index (κ1) is 46.5. The number of alkyl halides is 1. The number of hydrogen-bond donors (Lipinski definition) is 0. The third-order valence-corrected chi connectivity index (χ3v) is 21.8. The fraction of sp³-hybridized carbons (Fsp3) is 0.596. The van der Waals surface area contributed by atoms with Crippen LogP contribution in [0.25, 0.3) is 32.9 Å². The summed E-state index contributed by atoms with van der Waals surface area (Å²) in [5.74, 6) is 2.85. The van der Waals surface area contributed by atoms with Gasteiger partial charge in [-0.1, -0.05) is 53.5 Å². The molecule has 7 heterocycles. The Morgan fingerprint density at radius 3 is 2.42 bits per heavy atom. The van der Waals surface area contributed by atoms with Gasteiger partial charge in [-0.2, -0.15) is 0 Å². The molecule has 0 radical (unpaired) electrons. The molecule has 4 aromatic rings. The normalized spacial score (nSPS) is 24.0. The maximum atomic E-state index is 18.2. The summed E-state index contributed by atoms with van der Waals surface area (Å²) in [4.78, 5) is 30.5. The Kier molecular flexibility index (Phi) is 12.3. The number of amides is 1. The van der Waals surface area contributed by atoms with E-state index in [1.165, 1.54) is 13.2 Å². The second kappa shape index (κ2) is 17.5. The Balaban J connectivity index is 1.25. The lowest BCUT2D eigenvalue weighted by Crippen LogP contribution is -2.61. The van der Waals surface area contributed by atoms with Crippen molar-refractivity contribution < 1.29 is 36.9 Å². The minimum atomic E-state index is -2.34. The second-order valence-corrected chi connectivity index (χ2v) is 27.0. The summed E-state index contributed by atoms with van der Waals surface area (Å²) >= 11 is 0. The molecule has 0 unspecified atom stereocenters. The van der Waals surface area contributed by atoms with E-state index in [9.17, 15) is 9.18 Å². The number of aromatic nitrogens is 2. The minimum Gasteiger partial charge on any atom is -0.476 e. The summed E-state index contributed by atoms with van der Waals surface area (Å²) in [6, 6.07) is 8.11. The summed E-state index contributed by atoms with van der Waals surface area (Å²) < 4.78 is 73.7. The molecule has 5 aliphatic rings. The van der Waals surface area contributed by atoms with Gasteiger partial charge in [-0.05, 0) is 106 Å². The Bertz CT molecular complexity index is 2590. The summed E-state index contributed by atoms with van der Waals surface area (Å²) in [7, 11) is -0.811. The molecule has 0 saturated carbocycles. The number of carbonyl (C=O) groups excluding carboxylic acids is 1. The number of methoxy groups -OCH3 is 1. The van der Waals surface area contributed by atoms with Crippen LogP contribution in [0.2, 0.25) is 16.6 Å². The van der Waals surface area contributed by atoms with Crippen LogP contribution in [0.3, 0.4) is 0 Å². The van der Waals surface area contributed by atoms with Gasteiger partial charge in [0.05, 0.1) is 40.6 Å². The summed E-state index contributed by atoms with van der Waals surface area (Å²) in [6.07, 6.45) is 3.59. The van der Waals surface area contributed by atoms with E-state index in [1.54, 1.807) is 18.2 Å². The molecule has 5 aliphatic heterocycles. The summed E-state index contributed by atoms with van der Waals surface area (Å²) in [5.41, 5.74) is 5.52. The van der Waals surface area contributed by atoms with Crippen LogP contribution in [0.15, 0.2) is 30.3 Å². The van der Waals surface area contributed by atoms with Gasteiger partial charge in [-0.25, -0.2) is 27.9 Å². The molecule has 66 heavy (non-hydrogen) atoms. The van der Waals surface area contributed by atoms with Gasteiger partial charge < -0.3 is 23.8 Å². The number of pyridine rings is 2. The fourth-order valence-electron chi connectivity index (χ4n) is 12.7. The molecular formula is C52H66F3N5O5Si. The SMILES string of the molecule is COCOc1cc(-c2nc3c4c(cc(OC[C@@]56CCCN5C[C@H](F)C6)nc4c2F)N2C[C@H]4CC[C@@H]([C@@H]2CC3)N4C(=O)OC(C)(C)C)c2c(C#C[Si](C(C)C)(C(C)C)C(C)C)c(F)ccc2c1. The number of fused-ring (bicyclic) bond motifs is 7. The number of anilines is 1. The van der Waals surface area contributed by atoms with Crippen LogP contribution in [-0.4, -0.2) is 110 Å². The highest BCUT2D eigenvalue weighted by Gasteiger charge is 2.52. The first-order valence-electron chi connectivity index (χ1n) is 24.1. The van der Waals surface area contributed by atoms with Crippen LogP contribution in [0.4, 0.5) is 23.7 Å². The number of ether oxygens (including phenoxy) is 4. The molecule has 10 nitrogen and oxygen atoms in total. The van der Waals surface area contributed by atoms with Crippen molar-refractivity contribution in [1.82, 2.24) is 19.8 Å². The van der Waals surface area contributed by atoms with Gasteiger partial charge in [0.2, 0.25) is 5.88 Å². The number of benzene rings is 2. The maximum absolute atomic E-state index is 18.2. The van der Waals surface area contributed by atoms with Crippen LogP contribution in [0, 0.1) is 23.1 Å². The van der Waals surface area contributed by atoms with E-state index in [0.29, 0.717) is 82.1 Å². The van der Waals surface area contributed by atoms with Gasteiger partial charge in [0.1, 0.15) is 49.2 Å². The molecule has 4 saturated heterocycles. The molecule has 2 aromatic heterocycles. The predicted octanol–water partition coefficient (Wildman–Crippen LogP) is 11.1. The molecule has 4 fully saturated rings. The molecule has 14 heteroatoms. The molecule has 9 rings (SSSR count). The van der Waals surface area contributed by atoms with Crippen molar-refractivity contribution in [3.05, 3.63) is 53.2 Å². The lowest BCUT2D eigenvalue weighted by Gasteiger charge is -2.47. The number of hydrogen-bond acceptors (Lipinski definition) is 9. The molecule has 0 spiro atoms. The van der Waals surface area contributed by atoms with Crippen molar-refractivity contribution in [2.24, 2.45) is 0 Å². The molecule has 0 N–H and O–H groups in total. The Labute approximate surface area is 388 Å². The summed E-state index contributed by atoms with van der Waals surface area (Å²) in [5, 5.41) is 1.65. The number of piperazine rings is 1. The maximum Gasteiger partial charge on any atom is 0.410 e. The van der Waals surface area contributed by atoms with Gasteiger partial charge >= 0.3 is 6.09 Å². The average Bonchev–Trinajstić information content (AvgIpc) is 3.86. The van der Waals surface area contributed by atoms with E-state index >= 15 is 8.78 Å². The smallest absolute Gasteiger partial charge is 0.410 e. The summed E-state index contributed by atoms with van der Waals surface area (Å²) in [6.45, 7) is 20.8. The predicted molar refractivity (Wildman–Crippen MR) is 256 cm³/mol. The molecule has 0 aliphatic carbocycles. The zero-order valence-electron chi connectivity index (χ0n) is 40.3. The monoisotopic (exact) mass is 925 g/mol. The van der Waals surface area contributed by atoms with E-state index in [-0.39, 0.29) is 60.3 Å². The Morgan fingerprint density at radius 2 is 1.71 bits per heavy atom. The Hall–Kier alpha value is -4.58.